The summed E-state index contributed by atoms with van der Waals surface area (Å²) < 4.78 is 4.98. The highest BCUT2D eigenvalue weighted by Gasteiger charge is 2.53. The van der Waals surface area contributed by atoms with Gasteiger partial charge in [-0.2, -0.15) is 0 Å². The topological polar surface area (TPSA) is 139 Å². The van der Waals surface area contributed by atoms with E-state index in [9.17, 15) is 20.1 Å². The van der Waals surface area contributed by atoms with Crippen LogP contribution in [0.1, 0.15) is 13.8 Å². The Hall–Kier alpha value is -0.770. The van der Waals surface area contributed by atoms with Crippen LogP contribution < -0.4 is 5.32 Å². The maximum Gasteiger partial charge on any atom is 0.320 e. The second kappa shape index (κ2) is 6.12. The third-order valence-electron chi connectivity index (χ3n) is 3.21. The van der Waals surface area contributed by atoms with Crippen molar-refractivity contribution in [3.8, 4) is 0 Å². The second-order valence-electron chi connectivity index (χ2n) is 5.06. The Balaban J connectivity index is 2.68. The molecule has 0 aromatic heterocycles. The summed E-state index contributed by atoms with van der Waals surface area (Å²) in [6.07, 6.45) is -4.16. The average Bonchev–Trinajstić information content (AvgIpc) is 2.53. The first kappa shape index (κ1) is 16.3. The molecule has 5 atom stereocenters. The van der Waals surface area contributed by atoms with E-state index in [-0.39, 0.29) is 12.5 Å². The zero-order chi connectivity index (χ0) is 14.8. The number of hydrogen-bond donors (Lipinski definition) is 6. The molecule has 0 spiro atoms. The van der Waals surface area contributed by atoms with Gasteiger partial charge in [0.15, 0.2) is 0 Å². The maximum absolute atomic E-state index is 11.0. The number of ether oxygens (including phenoxy) is 1. The van der Waals surface area contributed by atoms with Crippen LogP contribution in [0.5, 0.6) is 0 Å². The van der Waals surface area contributed by atoms with E-state index in [4.69, 9.17) is 14.9 Å². The van der Waals surface area contributed by atoms with Crippen molar-refractivity contribution in [2.45, 2.75) is 44.0 Å². The molecule has 1 aliphatic rings. The van der Waals surface area contributed by atoms with Crippen molar-refractivity contribution in [3.05, 3.63) is 0 Å². The molecule has 0 saturated carbocycles. The van der Waals surface area contributed by atoms with Crippen molar-refractivity contribution >= 4 is 5.97 Å². The van der Waals surface area contributed by atoms with E-state index in [1.807, 2.05) is 0 Å². The Labute approximate surface area is 110 Å². The van der Waals surface area contributed by atoms with Crippen molar-refractivity contribution < 1.29 is 35.1 Å². The Morgan fingerprint density at radius 2 is 2.00 bits per heavy atom. The molecule has 1 heterocycles. The van der Waals surface area contributed by atoms with Crippen LogP contribution >= 0.6 is 0 Å². The van der Waals surface area contributed by atoms with E-state index in [1.54, 1.807) is 13.8 Å². The van der Waals surface area contributed by atoms with Crippen LogP contribution in [0, 0.1) is 5.92 Å². The number of aliphatic carboxylic acids is 1. The fourth-order valence-electron chi connectivity index (χ4n) is 2.03. The minimum Gasteiger partial charge on any atom is -0.480 e. The van der Waals surface area contributed by atoms with E-state index in [1.165, 1.54) is 0 Å². The normalized spacial score (nSPS) is 36.7. The molecule has 1 unspecified atom stereocenters. The smallest absolute Gasteiger partial charge is 0.320 e. The highest BCUT2D eigenvalue weighted by atomic mass is 16.7. The van der Waals surface area contributed by atoms with Crippen LogP contribution in [-0.4, -0.2) is 74.8 Å². The lowest BCUT2D eigenvalue weighted by Crippen LogP contribution is -2.54. The summed E-state index contributed by atoms with van der Waals surface area (Å²) in [6.45, 7) is 2.43. The van der Waals surface area contributed by atoms with Crippen molar-refractivity contribution in [3.63, 3.8) is 0 Å². The Kier molecular flexibility index (Phi) is 5.25. The molecule has 19 heavy (non-hydrogen) atoms. The quantitative estimate of drug-likeness (QED) is 0.313. The molecule has 6 N–H and O–H groups in total. The number of carboxylic acid groups (broad SMARTS) is 1. The number of carbonyl (C=O) groups is 1. The van der Waals surface area contributed by atoms with E-state index < -0.39 is 42.7 Å². The van der Waals surface area contributed by atoms with Gasteiger partial charge in [-0.1, -0.05) is 13.8 Å². The second-order valence-corrected chi connectivity index (χ2v) is 5.06. The molecule has 8 heteroatoms. The number of carboxylic acids is 1. The summed E-state index contributed by atoms with van der Waals surface area (Å²) in [5, 5.41) is 49.7. The van der Waals surface area contributed by atoms with Gasteiger partial charge in [0.1, 0.15) is 24.4 Å². The SMILES string of the molecule is CC(C)[C@H](NCC1(O)O[C@H](CO)[C@@H](O)[C@@H]1O)C(=O)O. The maximum atomic E-state index is 11.0. The fourth-order valence-corrected chi connectivity index (χ4v) is 2.03. The van der Waals surface area contributed by atoms with Gasteiger partial charge in [-0.25, -0.2) is 0 Å². The lowest BCUT2D eigenvalue weighted by Gasteiger charge is -2.29. The van der Waals surface area contributed by atoms with Gasteiger partial charge in [-0.05, 0) is 5.92 Å². The zero-order valence-corrected chi connectivity index (χ0v) is 10.9. The number of rotatable bonds is 6. The summed E-state index contributed by atoms with van der Waals surface area (Å²) in [6, 6.07) is -0.926. The lowest BCUT2D eigenvalue weighted by atomic mass is 10.0. The summed E-state index contributed by atoms with van der Waals surface area (Å²) in [7, 11) is 0. The monoisotopic (exact) mass is 279 g/mol. The zero-order valence-electron chi connectivity index (χ0n) is 10.9. The van der Waals surface area contributed by atoms with Crippen molar-refractivity contribution in [2.24, 2.45) is 5.92 Å². The molecule has 1 aliphatic heterocycles. The van der Waals surface area contributed by atoms with Gasteiger partial charge in [0.2, 0.25) is 5.79 Å². The minimum atomic E-state index is -2.13. The molecular weight excluding hydrogens is 258 g/mol. The average molecular weight is 279 g/mol. The molecular formula is C11H21NO7. The van der Waals surface area contributed by atoms with Crippen molar-refractivity contribution in [2.75, 3.05) is 13.2 Å². The standard InChI is InChI=1S/C11H21NO7/c1-5(2)7(10(16)17)12-4-11(18)9(15)8(14)6(3-13)19-11/h5-9,12-15,18H,3-4H2,1-2H3,(H,16,17)/t6-,7+,8-,9+,11?/m1/s1. The molecule has 0 bridgehead atoms. The Morgan fingerprint density at radius 1 is 1.42 bits per heavy atom. The summed E-state index contributed by atoms with van der Waals surface area (Å²) in [5.74, 6) is -3.46. The molecule has 1 fully saturated rings. The first-order chi connectivity index (χ1) is 8.73. The summed E-state index contributed by atoms with van der Waals surface area (Å²) >= 11 is 0. The van der Waals surface area contributed by atoms with Gasteiger partial charge in [0.05, 0.1) is 13.2 Å². The number of hydrogen-bond acceptors (Lipinski definition) is 7. The first-order valence-electron chi connectivity index (χ1n) is 6.06. The highest BCUT2D eigenvalue weighted by Crippen LogP contribution is 2.28. The lowest BCUT2D eigenvalue weighted by molar-refractivity contribution is -0.227. The first-order valence-corrected chi connectivity index (χ1v) is 6.06. The predicted molar refractivity (Wildman–Crippen MR) is 63.2 cm³/mol. The third kappa shape index (κ3) is 3.41. The molecule has 0 aromatic rings. The van der Waals surface area contributed by atoms with Gasteiger partial charge in [-0.15, -0.1) is 0 Å². The molecule has 8 nitrogen and oxygen atoms in total. The van der Waals surface area contributed by atoms with Crippen LogP contribution in [0.2, 0.25) is 0 Å². The predicted octanol–water partition coefficient (Wildman–Crippen LogP) is -2.51. The summed E-state index contributed by atoms with van der Waals surface area (Å²) in [5.41, 5.74) is 0. The largest absolute Gasteiger partial charge is 0.480 e. The Bertz CT molecular complexity index is 324. The van der Waals surface area contributed by atoms with Crippen LogP contribution in [0.4, 0.5) is 0 Å². The van der Waals surface area contributed by atoms with E-state index >= 15 is 0 Å². The minimum absolute atomic E-state index is 0.238. The van der Waals surface area contributed by atoms with E-state index in [2.05, 4.69) is 5.32 Å². The number of aliphatic hydroxyl groups excluding tert-OH is 3. The fraction of sp³-hybridized carbons (Fsp3) is 0.909. The van der Waals surface area contributed by atoms with Gasteiger partial charge in [0.25, 0.3) is 0 Å². The van der Waals surface area contributed by atoms with Crippen LogP contribution in [-0.2, 0) is 9.53 Å². The third-order valence-corrected chi connectivity index (χ3v) is 3.21. The number of nitrogens with one attached hydrogen (secondary N) is 1. The van der Waals surface area contributed by atoms with Gasteiger partial charge < -0.3 is 30.3 Å². The van der Waals surface area contributed by atoms with Gasteiger partial charge in [0, 0.05) is 0 Å². The molecule has 0 amide bonds. The number of aliphatic hydroxyl groups is 4. The van der Waals surface area contributed by atoms with E-state index in [0.29, 0.717) is 0 Å². The van der Waals surface area contributed by atoms with Crippen LogP contribution in [0.15, 0.2) is 0 Å². The highest BCUT2D eigenvalue weighted by molar-refractivity contribution is 5.73. The molecule has 112 valence electrons. The van der Waals surface area contributed by atoms with E-state index in [0.717, 1.165) is 0 Å². The summed E-state index contributed by atoms with van der Waals surface area (Å²) in [4.78, 5) is 11.0. The Morgan fingerprint density at radius 3 is 2.37 bits per heavy atom. The molecule has 1 rings (SSSR count). The van der Waals surface area contributed by atoms with Gasteiger partial charge >= 0.3 is 5.97 Å². The van der Waals surface area contributed by atoms with Gasteiger partial charge in [-0.3, -0.25) is 10.1 Å². The van der Waals surface area contributed by atoms with Crippen molar-refractivity contribution in [1.29, 1.82) is 0 Å². The van der Waals surface area contributed by atoms with Crippen LogP contribution in [0.25, 0.3) is 0 Å². The molecule has 0 radical (unpaired) electrons. The molecule has 0 aromatic carbocycles. The molecule has 1 saturated heterocycles. The van der Waals surface area contributed by atoms with Crippen molar-refractivity contribution in [1.82, 2.24) is 5.32 Å². The molecule has 0 aliphatic carbocycles. The van der Waals surface area contributed by atoms with Crippen LogP contribution in [0.3, 0.4) is 0 Å².